The zero-order valence-electron chi connectivity index (χ0n) is 11.3. The van der Waals surface area contributed by atoms with Crippen LogP contribution in [0.25, 0.3) is 5.69 Å². The molecular weight excluding hydrogens is 274 g/mol. The molecule has 20 heavy (non-hydrogen) atoms. The largest absolute Gasteiger partial charge is 0.460 e. The Morgan fingerprint density at radius 3 is 2.80 bits per heavy atom. The molecule has 0 unspecified atom stereocenters. The summed E-state index contributed by atoms with van der Waals surface area (Å²) in [7, 11) is 0. The highest BCUT2D eigenvalue weighted by atomic mass is 32.2. The van der Waals surface area contributed by atoms with Crippen molar-refractivity contribution in [2.24, 2.45) is 0 Å². The first-order valence-electron chi connectivity index (χ1n) is 6.37. The van der Waals surface area contributed by atoms with Crippen LogP contribution in [0.3, 0.4) is 0 Å². The number of ether oxygens (including phenoxy) is 1. The second-order valence-electron chi connectivity index (χ2n) is 4.07. The van der Waals surface area contributed by atoms with Crippen molar-refractivity contribution >= 4 is 23.4 Å². The fourth-order valence-electron chi connectivity index (χ4n) is 1.62. The molecule has 0 aliphatic heterocycles. The van der Waals surface area contributed by atoms with Crippen LogP contribution in [0.5, 0.6) is 0 Å². The molecule has 0 saturated heterocycles. The molecule has 1 heterocycles. The van der Waals surface area contributed by atoms with Gasteiger partial charge in [0, 0.05) is 17.6 Å². The molecule has 6 heteroatoms. The van der Waals surface area contributed by atoms with Crippen molar-refractivity contribution in [3.63, 3.8) is 0 Å². The van der Waals surface area contributed by atoms with E-state index < -0.39 is 5.97 Å². The lowest BCUT2D eigenvalue weighted by Gasteiger charge is -2.02. The van der Waals surface area contributed by atoms with Gasteiger partial charge in [-0.1, -0.05) is 6.92 Å². The van der Waals surface area contributed by atoms with Gasteiger partial charge in [0.05, 0.1) is 5.69 Å². The summed E-state index contributed by atoms with van der Waals surface area (Å²) >= 11 is 1.73. The van der Waals surface area contributed by atoms with E-state index in [9.17, 15) is 4.79 Å². The van der Waals surface area contributed by atoms with Crippen molar-refractivity contribution in [3.8, 4) is 5.69 Å². The lowest BCUT2D eigenvalue weighted by Crippen LogP contribution is -2.09. The van der Waals surface area contributed by atoms with Gasteiger partial charge in [0.2, 0.25) is 0 Å². The van der Waals surface area contributed by atoms with E-state index >= 15 is 0 Å². The van der Waals surface area contributed by atoms with Gasteiger partial charge in [-0.25, -0.2) is 9.48 Å². The summed E-state index contributed by atoms with van der Waals surface area (Å²) in [4.78, 5) is 11.8. The second-order valence-corrected chi connectivity index (χ2v) is 5.46. The Labute approximate surface area is 122 Å². The number of aromatic nitrogens is 2. The quantitative estimate of drug-likeness (QED) is 0.502. The molecule has 0 fully saturated rings. The molecule has 1 aromatic heterocycles. The number of hydrogen-bond donors (Lipinski definition) is 1. The van der Waals surface area contributed by atoms with E-state index in [0.29, 0.717) is 18.0 Å². The van der Waals surface area contributed by atoms with E-state index in [0.717, 1.165) is 17.2 Å². The van der Waals surface area contributed by atoms with Crippen LogP contribution in [-0.2, 0) is 4.74 Å². The molecule has 2 rings (SSSR count). The first-order valence-corrected chi connectivity index (χ1v) is 7.52. The Balaban J connectivity index is 1.98. The highest BCUT2D eigenvalue weighted by molar-refractivity contribution is 7.99. The number of hydrogen-bond acceptors (Lipinski definition) is 5. The third kappa shape index (κ3) is 3.77. The van der Waals surface area contributed by atoms with E-state index in [1.807, 2.05) is 12.1 Å². The Bertz CT molecular complexity index is 566. The molecule has 0 spiro atoms. The number of anilines is 1. The van der Waals surface area contributed by atoms with E-state index in [-0.39, 0.29) is 0 Å². The normalized spacial score (nSPS) is 10.4. The Morgan fingerprint density at radius 1 is 1.35 bits per heavy atom. The molecule has 0 saturated carbocycles. The van der Waals surface area contributed by atoms with Crippen LogP contribution in [0.1, 0.15) is 17.4 Å². The number of thioether (sulfide) groups is 1. The van der Waals surface area contributed by atoms with Gasteiger partial charge in [0.15, 0.2) is 5.69 Å². The van der Waals surface area contributed by atoms with Gasteiger partial charge in [-0.05, 0) is 36.1 Å². The monoisotopic (exact) mass is 291 g/mol. The maximum absolute atomic E-state index is 11.8. The number of nitrogen functional groups attached to an aromatic ring is 1. The van der Waals surface area contributed by atoms with Crippen molar-refractivity contribution in [2.45, 2.75) is 6.92 Å². The molecule has 5 nitrogen and oxygen atoms in total. The minimum atomic E-state index is -0.393. The minimum Gasteiger partial charge on any atom is -0.460 e. The molecule has 0 radical (unpaired) electrons. The van der Waals surface area contributed by atoms with Crippen LogP contribution in [0.2, 0.25) is 0 Å². The van der Waals surface area contributed by atoms with Crippen LogP contribution in [0, 0.1) is 0 Å². The molecule has 0 amide bonds. The van der Waals surface area contributed by atoms with E-state index in [1.54, 1.807) is 40.8 Å². The van der Waals surface area contributed by atoms with Crippen LogP contribution < -0.4 is 5.73 Å². The van der Waals surface area contributed by atoms with Crippen molar-refractivity contribution in [3.05, 3.63) is 42.2 Å². The van der Waals surface area contributed by atoms with Gasteiger partial charge >= 0.3 is 5.97 Å². The van der Waals surface area contributed by atoms with Gasteiger partial charge in [-0.2, -0.15) is 16.9 Å². The summed E-state index contributed by atoms with van der Waals surface area (Å²) in [6, 6.07) is 8.91. The molecular formula is C14H17N3O2S. The Kier molecular flexibility index (Phi) is 5.06. The van der Waals surface area contributed by atoms with Gasteiger partial charge < -0.3 is 10.5 Å². The lowest BCUT2D eigenvalue weighted by molar-refractivity contribution is 0.0523. The van der Waals surface area contributed by atoms with Crippen LogP contribution >= 0.6 is 11.8 Å². The zero-order valence-corrected chi connectivity index (χ0v) is 12.1. The number of carbonyl (C=O) groups is 1. The first-order chi connectivity index (χ1) is 9.70. The summed E-state index contributed by atoms with van der Waals surface area (Å²) in [5.74, 6) is 1.43. The van der Waals surface area contributed by atoms with Gasteiger partial charge in [-0.3, -0.25) is 0 Å². The van der Waals surface area contributed by atoms with E-state index in [2.05, 4.69) is 12.0 Å². The number of nitrogens with zero attached hydrogens (tertiary/aromatic N) is 2. The molecule has 0 aliphatic rings. The van der Waals surface area contributed by atoms with Crippen LogP contribution in [0.4, 0.5) is 5.69 Å². The fourth-order valence-corrected chi connectivity index (χ4v) is 2.11. The molecule has 2 N–H and O–H groups in total. The fraction of sp³-hybridized carbons (Fsp3) is 0.286. The van der Waals surface area contributed by atoms with Crippen molar-refractivity contribution in [1.82, 2.24) is 9.78 Å². The van der Waals surface area contributed by atoms with Crippen molar-refractivity contribution < 1.29 is 9.53 Å². The maximum Gasteiger partial charge on any atom is 0.358 e. The number of esters is 1. The number of rotatable bonds is 6. The molecule has 0 atom stereocenters. The molecule has 0 aliphatic carbocycles. The molecule has 2 aromatic rings. The van der Waals surface area contributed by atoms with Crippen molar-refractivity contribution in [1.29, 1.82) is 0 Å². The topological polar surface area (TPSA) is 70.1 Å². The predicted molar refractivity (Wildman–Crippen MR) is 81.3 cm³/mol. The smallest absolute Gasteiger partial charge is 0.358 e. The summed E-state index contributed by atoms with van der Waals surface area (Å²) in [6.45, 7) is 2.48. The van der Waals surface area contributed by atoms with Crippen LogP contribution in [-0.4, -0.2) is 33.9 Å². The SMILES string of the molecule is CCSCCOC(=O)c1ccn(-c2ccc(N)cc2)n1. The standard InChI is InChI=1S/C14H17N3O2S/c1-2-20-10-9-19-14(18)13-7-8-17(16-13)12-5-3-11(15)4-6-12/h3-8H,2,9-10,15H2,1H3. The Morgan fingerprint density at radius 2 is 2.10 bits per heavy atom. The molecule has 1 aromatic carbocycles. The van der Waals surface area contributed by atoms with Gasteiger partial charge in [0.1, 0.15) is 6.61 Å². The second kappa shape index (κ2) is 7.00. The average Bonchev–Trinajstić information content (AvgIpc) is 2.94. The zero-order chi connectivity index (χ0) is 14.4. The summed E-state index contributed by atoms with van der Waals surface area (Å²) in [5, 5.41) is 4.20. The highest BCUT2D eigenvalue weighted by Gasteiger charge is 2.11. The predicted octanol–water partition coefficient (Wildman–Crippen LogP) is 2.36. The number of nitrogens with two attached hydrogens (primary N) is 1. The Hall–Kier alpha value is -1.95. The lowest BCUT2D eigenvalue weighted by atomic mass is 10.3. The summed E-state index contributed by atoms with van der Waals surface area (Å²) < 4.78 is 6.76. The average molecular weight is 291 g/mol. The van der Waals surface area contributed by atoms with Gasteiger partial charge in [0.25, 0.3) is 0 Å². The van der Waals surface area contributed by atoms with Gasteiger partial charge in [-0.15, -0.1) is 0 Å². The van der Waals surface area contributed by atoms with E-state index in [1.165, 1.54) is 0 Å². The molecule has 0 bridgehead atoms. The van der Waals surface area contributed by atoms with Crippen LogP contribution in [0.15, 0.2) is 36.5 Å². The summed E-state index contributed by atoms with van der Waals surface area (Å²) in [6.07, 6.45) is 1.73. The van der Waals surface area contributed by atoms with E-state index in [4.69, 9.17) is 10.5 Å². The minimum absolute atomic E-state index is 0.309. The molecule has 106 valence electrons. The number of benzene rings is 1. The number of carbonyl (C=O) groups excluding carboxylic acids is 1. The third-order valence-electron chi connectivity index (χ3n) is 2.62. The highest BCUT2D eigenvalue weighted by Crippen LogP contribution is 2.11. The van der Waals surface area contributed by atoms with Crippen molar-refractivity contribution in [2.75, 3.05) is 23.8 Å². The summed E-state index contributed by atoms with van der Waals surface area (Å²) in [5.41, 5.74) is 7.48. The maximum atomic E-state index is 11.8. The third-order valence-corrected chi connectivity index (χ3v) is 3.48. The first kappa shape index (κ1) is 14.5.